The minimum absolute atomic E-state index is 0.322. The molecule has 0 radical (unpaired) electrons. The van der Waals surface area contributed by atoms with Crippen molar-refractivity contribution in [2.24, 2.45) is 16.7 Å². The summed E-state index contributed by atoms with van der Waals surface area (Å²) in [5.41, 5.74) is 0.979. The lowest BCUT2D eigenvalue weighted by Gasteiger charge is -2.40. The van der Waals surface area contributed by atoms with E-state index in [1.807, 2.05) is 0 Å². The van der Waals surface area contributed by atoms with E-state index in [1.165, 1.54) is 19.3 Å². The SMILES string of the molecule is CC(CCCO)NC1CC2CCC1(C)C2(C)C. The van der Waals surface area contributed by atoms with E-state index in [-0.39, 0.29) is 0 Å². The maximum absolute atomic E-state index is 8.89. The van der Waals surface area contributed by atoms with Gasteiger partial charge in [-0.15, -0.1) is 0 Å². The summed E-state index contributed by atoms with van der Waals surface area (Å²) in [6, 6.07) is 1.23. The third-order valence-electron chi connectivity index (χ3n) is 6.07. The highest BCUT2D eigenvalue weighted by Gasteiger charge is 2.61. The first kappa shape index (κ1) is 13.4. The smallest absolute Gasteiger partial charge is 0.0431 e. The van der Waals surface area contributed by atoms with E-state index in [0.717, 1.165) is 18.8 Å². The van der Waals surface area contributed by atoms with Crippen LogP contribution in [0, 0.1) is 16.7 Å². The highest BCUT2D eigenvalue weighted by molar-refractivity contribution is 5.13. The van der Waals surface area contributed by atoms with Crippen LogP contribution in [0.5, 0.6) is 0 Å². The van der Waals surface area contributed by atoms with Crippen LogP contribution in [0.15, 0.2) is 0 Å². The maximum atomic E-state index is 8.89. The van der Waals surface area contributed by atoms with Crippen LogP contribution in [-0.4, -0.2) is 23.8 Å². The van der Waals surface area contributed by atoms with Gasteiger partial charge in [-0.05, 0) is 55.8 Å². The van der Waals surface area contributed by atoms with Crippen molar-refractivity contribution in [2.75, 3.05) is 6.61 Å². The van der Waals surface area contributed by atoms with E-state index < -0.39 is 0 Å². The Hall–Kier alpha value is -0.0800. The summed E-state index contributed by atoms with van der Waals surface area (Å²) in [5.74, 6) is 0.912. The highest BCUT2D eigenvalue weighted by Crippen LogP contribution is 2.65. The van der Waals surface area contributed by atoms with Gasteiger partial charge in [0.15, 0.2) is 0 Å². The predicted octanol–water partition coefficient (Wildman–Crippen LogP) is 2.95. The Morgan fingerprint density at radius 3 is 2.53 bits per heavy atom. The monoisotopic (exact) mass is 239 g/mol. The van der Waals surface area contributed by atoms with Crippen LogP contribution in [0.3, 0.4) is 0 Å². The third kappa shape index (κ3) is 2.04. The Labute approximate surface area is 106 Å². The molecule has 0 aromatic rings. The molecule has 17 heavy (non-hydrogen) atoms. The zero-order valence-electron chi connectivity index (χ0n) is 11.9. The molecule has 0 aliphatic heterocycles. The van der Waals surface area contributed by atoms with Crippen LogP contribution in [0.25, 0.3) is 0 Å². The van der Waals surface area contributed by atoms with Crippen molar-refractivity contribution in [3.63, 3.8) is 0 Å². The fourth-order valence-corrected chi connectivity index (χ4v) is 4.28. The van der Waals surface area contributed by atoms with Crippen LogP contribution in [0.1, 0.15) is 59.8 Å². The van der Waals surface area contributed by atoms with E-state index in [0.29, 0.717) is 29.5 Å². The van der Waals surface area contributed by atoms with Crippen molar-refractivity contribution >= 4 is 0 Å². The first-order valence-electron chi connectivity index (χ1n) is 7.28. The summed E-state index contributed by atoms with van der Waals surface area (Å²) in [7, 11) is 0. The van der Waals surface area contributed by atoms with Crippen molar-refractivity contribution in [1.82, 2.24) is 5.32 Å². The maximum Gasteiger partial charge on any atom is 0.0431 e. The number of nitrogens with one attached hydrogen (secondary N) is 1. The Balaban J connectivity index is 1.96. The largest absolute Gasteiger partial charge is 0.396 e. The van der Waals surface area contributed by atoms with E-state index in [1.54, 1.807) is 0 Å². The second kappa shape index (κ2) is 4.55. The molecule has 0 saturated heterocycles. The molecule has 4 unspecified atom stereocenters. The standard InChI is InChI=1S/C15H29NO/c1-11(6-5-9-17)16-13-10-12-7-8-15(13,4)14(12,2)3/h11-13,16-17H,5-10H2,1-4H3. The molecule has 2 nitrogen and oxygen atoms in total. The number of rotatable bonds is 5. The molecule has 0 aromatic heterocycles. The number of hydrogen-bond donors (Lipinski definition) is 2. The van der Waals surface area contributed by atoms with E-state index in [2.05, 4.69) is 33.0 Å². The molecule has 2 fully saturated rings. The van der Waals surface area contributed by atoms with Gasteiger partial charge < -0.3 is 10.4 Å². The normalized spacial score (nSPS) is 40.8. The Morgan fingerprint density at radius 2 is 2.06 bits per heavy atom. The van der Waals surface area contributed by atoms with Gasteiger partial charge in [-0.1, -0.05) is 20.8 Å². The van der Waals surface area contributed by atoms with Gasteiger partial charge in [0.2, 0.25) is 0 Å². The molecule has 0 heterocycles. The summed E-state index contributed by atoms with van der Waals surface area (Å²) in [5, 5.41) is 12.7. The molecule has 0 spiro atoms. The summed E-state index contributed by atoms with van der Waals surface area (Å²) in [6.45, 7) is 9.99. The average Bonchev–Trinajstić information content (AvgIpc) is 2.59. The second-order valence-corrected chi connectivity index (χ2v) is 7.10. The van der Waals surface area contributed by atoms with Gasteiger partial charge in [0.05, 0.1) is 0 Å². The number of aliphatic hydroxyl groups is 1. The number of hydrogen-bond acceptors (Lipinski definition) is 2. The Kier molecular flexibility index (Phi) is 3.57. The minimum atomic E-state index is 0.322. The van der Waals surface area contributed by atoms with E-state index in [9.17, 15) is 0 Å². The van der Waals surface area contributed by atoms with Gasteiger partial charge in [-0.25, -0.2) is 0 Å². The summed E-state index contributed by atoms with van der Waals surface area (Å²) < 4.78 is 0. The molecule has 2 N–H and O–H groups in total. The molecule has 2 aliphatic carbocycles. The summed E-state index contributed by atoms with van der Waals surface area (Å²) >= 11 is 0. The summed E-state index contributed by atoms with van der Waals surface area (Å²) in [6.07, 6.45) is 6.17. The first-order chi connectivity index (χ1) is 7.91. The van der Waals surface area contributed by atoms with Crippen LogP contribution < -0.4 is 5.32 Å². The Morgan fingerprint density at radius 1 is 1.35 bits per heavy atom. The summed E-state index contributed by atoms with van der Waals surface area (Å²) in [4.78, 5) is 0. The Bertz CT molecular complexity index is 276. The van der Waals surface area contributed by atoms with Crippen LogP contribution in [0.2, 0.25) is 0 Å². The van der Waals surface area contributed by atoms with Gasteiger partial charge in [-0.3, -0.25) is 0 Å². The number of fused-ring (bicyclic) bond motifs is 2. The third-order valence-corrected chi connectivity index (χ3v) is 6.07. The molecule has 2 aliphatic rings. The lowest BCUT2D eigenvalue weighted by molar-refractivity contribution is 0.115. The molecule has 100 valence electrons. The molecule has 2 bridgehead atoms. The fourth-order valence-electron chi connectivity index (χ4n) is 4.28. The van der Waals surface area contributed by atoms with Crippen molar-refractivity contribution in [1.29, 1.82) is 0 Å². The second-order valence-electron chi connectivity index (χ2n) is 7.10. The minimum Gasteiger partial charge on any atom is -0.396 e. The van der Waals surface area contributed by atoms with Gasteiger partial charge in [0.1, 0.15) is 0 Å². The molecule has 4 atom stereocenters. The quantitative estimate of drug-likeness (QED) is 0.773. The lowest BCUT2D eigenvalue weighted by atomic mass is 9.69. The molecular weight excluding hydrogens is 210 g/mol. The molecule has 0 aromatic carbocycles. The molecular formula is C15H29NO. The zero-order chi connectivity index (χ0) is 12.7. The number of aliphatic hydroxyl groups excluding tert-OH is 1. The van der Waals surface area contributed by atoms with Crippen molar-refractivity contribution in [3.05, 3.63) is 0 Å². The van der Waals surface area contributed by atoms with Crippen LogP contribution in [0.4, 0.5) is 0 Å². The van der Waals surface area contributed by atoms with Gasteiger partial charge in [-0.2, -0.15) is 0 Å². The predicted molar refractivity (Wildman–Crippen MR) is 71.9 cm³/mol. The first-order valence-corrected chi connectivity index (χ1v) is 7.28. The topological polar surface area (TPSA) is 32.3 Å². The fraction of sp³-hybridized carbons (Fsp3) is 1.00. The van der Waals surface area contributed by atoms with E-state index >= 15 is 0 Å². The molecule has 2 heteroatoms. The van der Waals surface area contributed by atoms with Gasteiger partial charge >= 0.3 is 0 Å². The van der Waals surface area contributed by atoms with Crippen LogP contribution >= 0.6 is 0 Å². The molecule has 2 saturated carbocycles. The van der Waals surface area contributed by atoms with Gasteiger partial charge in [0, 0.05) is 18.7 Å². The van der Waals surface area contributed by atoms with Gasteiger partial charge in [0.25, 0.3) is 0 Å². The van der Waals surface area contributed by atoms with Crippen LogP contribution in [-0.2, 0) is 0 Å². The lowest BCUT2D eigenvalue weighted by Crippen LogP contribution is -2.47. The van der Waals surface area contributed by atoms with Crippen molar-refractivity contribution in [2.45, 2.75) is 71.9 Å². The highest BCUT2D eigenvalue weighted by atomic mass is 16.2. The zero-order valence-corrected chi connectivity index (χ0v) is 11.9. The van der Waals surface area contributed by atoms with Crippen molar-refractivity contribution < 1.29 is 5.11 Å². The van der Waals surface area contributed by atoms with Crippen molar-refractivity contribution in [3.8, 4) is 0 Å². The average molecular weight is 239 g/mol. The molecule has 0 amide bonds. The molecule has 2 rings (SSSR count). The van der Waals surface area contributed by atoms with E-state index in [4.69, 9.17) is 5.11 Å².